The third-order valence-electron chi connectivity index (χ3n) is 6.24. The number of hydrogen-bond acceptors (Lipinski definition) is 12. The van der Waals surface area contributed by atoms with Gasteiger partial charge < -0.3 is 59.4 Å². The van der Waals surface area contributed by atoms with Gasteiger partial charge in [0.15, 0.2) is 12.6 Å². The maximum atomic E-state index is 10.8. The van der Waals surface area contributed by atoms with Gasteiger partial charge in [0.05, 0.1) is 24.4 Å². The fourth-order valence-corrected chi connectivity index (χ4v) is 4.10. The molecule has 3 rings (SSSR count). The highest BCUT2D eigenvalue weighted by molar-refractivity contribution is 4.95. The first-order chi connectivity index (χ1) is 14.4. The molecule has 7 N–H and O–H groups in total. The molecule has 12 nitrogen and oxygen atoms in total. The van der Waals surface area contributed by atoms with Crippen LogP contribution in [0.4, 0.5) is 0 Å². The van der Waals surface area contributed by atoms with Gasteiger partial charge in [0.25, 0.3) is 0 Å². The van der Waals surface area contributed by atoms with Gasteiger partial charge in [-0.1, -0.05) is 0 Å². The molecule has 3 saturated heterocycles. The van der Waals surface area contributed by atoms with Gasteiger partial charge in [-0.3, -0.25) is 0 Å². The van der Waals surface area contributed by atoms with Crippen molar-refractivity contribution >= 4 is 0 Å². The summed E-state index contributed by atoms with van der Waals surface area (Å²) < 4.78 is 27.6. The van der Waals surface area contributed by atoms with E-state index in [-0.39, 0.29) is 0 Å². The highest BCUT2D eigenvalue weighted by atomic mass is 16.7. The van der Waals surface area contributed by atoms with Crippen LogP contribution in [0.5, 0.6) is 0 Å². The summed E-state index contributed by atoms with van der Waals surface area (Å²) in [6, 6.07) is 0. The van der Waals surface area contributed by atoms with Gasteiger partial charge in [0.2, 0.25) is 0 Å². The molecule has 7 unspecified atom stereocenters. The second-order valence-electron chi connectivity index (χ2n) is 8.60. The van der Waals surface area contributed by atoms with Gasteiger partial charge in [-0.15, -0.1) is 0 Å². The van der Waals surface area contributed by atoms with Crippen molar-refractivity contribution in [3.63, 3.8) is 0 Å². The standard InChI is InChI=1S/C19H34O12/c1-5-9(20)13(24)14(25)18(28-5)31-17-12(23)8(4)29-19(15(17)26)30-16-10(21)6(2)27-7(3)11(16)22/h5-26H,1-4H3/t5?,6?,7?,8?,9-,10-,11+,12-,13-,14-,15-,16?,17-,18?,19?/m0/s1. The molecular weight excluding hydrogens is 420 g/mol. The summed E-state index contributed by atoms with van der Waals surface area (Å²) in [5.74, 6) is 0. The Hall–Kier alpha value is -0.480. The molecule has 182 valence electrons. The van der Waals surface area contributed by atoms with Crippen LogP contribution in [0.15, 0.2) is 0 Å². The van der Waals surface area contributed by atoms with E-state index in [9.17, 15) is 35.7 Å². The molecule has 0 radical (unpaired) electrons. The SMILES string of the molecule is CC1OC(C)[C@H](O)C(OC2OC(C)[C@H](O)[C@H](OC3OC(C)[C@H](O)[C@H](O)[C@@H]3O)[C@@H]2O)[C@@H]1O. The van der Waals surface area contributed by atoms with Crippen molar-refractivity contribution in [3.8, 4) is 0 Å². The molecule has 3 fully saturated rings. The summed E-state index contributed by atoms with van der Waals surface area (Å²) in [6.45, 7) is 6.20. The van der Waals surface area contributed by atoms with Crippen molar-refractivity contribution in [1.29, 1.82) is 0 Å². The van der Waals surface area contributed by atoms with Gasteiger partial charge in [-0.25, -0.2) is 0 Å². The molecule has 12 heteroatoms. The Kier molecular flexibility index (Phi) is 7.94. The molecule has 3 aliphatic heterocycles. The molecule has 0 aromatic heterocycles. The third-order valence-corrected chi connectivity index (χ3v) is 6.24. The van der Waals surface area contributed by atoms with Crippen molar-refractivity contribution in [2.45, 2.75) is 120 Å². The van der Waals surface area contributed by atoms with Crippen molar-refractivity contribution in [1.82, 2.24) is 0 Å². The predicted octanol–water partition coefficient (Wildman–Crippen LogP) is -3.42. The van der Waals surface area contributed by atoms with E-state index in [1.165, 1.54) is 13.8 Å². The van der Waals surface area contributed by atoms with Crippen LogP contribution in [0.1, 0.15) is 27.7 Å². The number of aliphatic hydroxyl groups excluding tert-OH is 7. The smallest absolute Gasteiger partial charge is 0.187 e. The highest BCUT2D eigenvalue weighted by Crippen LogP contribution is 2.32. The van der Waals surface area contributed by atoms with E-state index < -0.39 is 91.9 Å². The van der Waals surface area contributed by atoms with Crippen molar-refractivity contribution in [2.24, 2.45) is 0 Å². The Labute approximate surface area is 179 Å². The quantitative estimate of drug-likeness (QED) is 0.223. The van der Waals surface area contributed by atoms with Crippen molar-refractivity contribution in [3.05, 3.63) is 0 Å². The van der Waals surface area contributed by atoms with E-state index in [1.807, 2.05) is 0 Å². The van der Waals surface area contributed by atoms with Crippen molar-refractivity contribution < 1.29 is 59.4 Å². The minimum absolute atomic E-state index is 0.639. The molecule has 31 heavy (non-hydrogen) atoms. The lowest BCUT2D eigenvalue weighted by atomic mass is 9.95. The van der Waals surface area contributed by atoms with E-state index in [1.54, 1.807) is 13.8 Å². The maximum absolute atomic E-state index is 10.8. The molecule has 3 aliphatic rings. The second-order valence-corrected chi connectivity index (χ2v) is 8.60. The summed E-state index contributed by atoms with van der Waals surface area (Å²) in [4.78, 5) is 0. The minimum Gasteiger partial charge on any atom is -0.388 e. The summed E-state index contributed by atoms with van der Waals surface area (Å²) >= 11 is 0. The first kappa shape index (κ1) is 25.1. The molecule has 3 heterocycles. The molecule has 0 amide bonds. The minimum atomic E-state index is -1.64. The van der Waals surface area contributed by atoms with Gasteiger partial charge >= 0.3 is 0 Å². The average Bonchev–Trinajstić information content (AvgIpc) is 2.72. The van der Waals surface area contributed by atoms with Gasteiger partial charge in [0, 0.05) is 0 Å². The number of aliphatic hydroxyl groups is 7. The summed E-state index contributed by atoms with van der Waals surface area (Å²) in [5.41, 5.74) is 0. The molecule has 0 bridgehead atoms. The van der Waals surface area contributed by atoms with Crippen LogP contribution in [0.25, 0.3) is 0 Å². The lowest BCUT2D eigenvalue weighted by Crippen LogP contribution is -2.65. The Morgan fingerprint density at radius 2 is 0.774 bits per heavy atom. The highest BCUT2D eigenvalue weighted by Gasteiger charge is 2.51. The summed E-state index contributed by atoms with van der Waals surface area (Å²) in [6.07, 6.45) is -18.3. The van der Waals surface area contributed by atoms with E-state index in [0.717, 1.165) is 0 Å². The fraction of sp³-hybridized carbons (Fsp3) is 1.00. The van der Waals surface area contributed by atoms with Crippen LogP contribution < -0.4 is 0 Å². The third kappa shape index (κ3) is 4.90. The maximum Gasteiger partial charge on any atom is 0.187 e. The normalized spacial score (nSPS) is 56.4. The lowest BCUT2D eigenvalue weighted by Gasteiger charge is -2.47. The zero-order chi connectivity index (χ0) is 23.2. The molecule has 15 atom stereocenters. The lowest BCUT2D eigenvalue weighted by molar-refractivity contribution is -0.367. The van der Waals surface area contributed by atoms with Crippen LogP contribution >= 0.6 is 0 Å². The van der Waals surface area contributed by atoms with E-state index in [0.29, 0.717) is 0 Å². The molecule has 0 aliphatic carbocycles. The van der Waals surface area contributed by atoms with Crippen LogP contribution in [0.2, 0.25) is 0 Å². The van der Waals surface area contributed by atoms with Crippen LogP contribution in [-0.4, -0.2) is 128 Å². The fourth-order valence-electron chi connectivity index (χ4n) is 4.10. The molecular formula is C19H34O12. The summed E-state index contributed by atoms with van der Waals surface area (Å²) in [5, 5.41) is 72.0. The monoisotopic (exact) mass is 454 g/mol. The number of hydrogen-bond donors (Lipinski definition) is 7. The van der Waals surface area contributed by atoms with E-state index in [4.69, 9.17) is 23.7 Å². The topological polar surface area (TPSA) is 188 Å². The van der Waals surface area contributed by atoms with E-state index >= 15 is 0 Å². The summed E-state index contributed by atoms with van der Waals surface area (Å²) in [7, 11) is 0. The zero-order valence-corrected chi connectivity index (χ0v) is 17.8. The number of rotatable bonds is 4. The van der Waals surface area contributed by atoms with E-state index in [2.05, 4.69) is 0 Å². The van der Waals surface area contributed by atoms with Gasteiger partial charge in [-0.2, -0.15) is 0 Å². The first-order valence-electron chi connectivity index (χ1n) is 10.5. The van der Waals surface area contributed by atoms with Crippen LogP contribution in [-0.2, 0) is 23.7 Å². The second kappa shape index (κ2) is 9.79. The molecule has 0 aromatic rings. The number of ether oxygens (including phenoxy) is 5. The predicted molar refractivity (Wildman–Crippen MR) is 100 cm³/mol. The van der Waals surface area contributed by atoms with Gasteiger partial charge in [-0.05, 0) is 27.7 Å². The van der Waals surface area contributed by atoms with Gasteiger partial charge in [0.1, 0.15) is 54.9 Å². The van der Waals surface area contributed by atoms with Crippen LogP contribution in [0.3, 0.4) is 0 Å². The largest absolute Gasteiger partial charge is 0.388 e. The Bertz CT molecular complexity index is 580. The average molecular weight is 454 g/mol. The molecule has 0 aromatic carbocycles. The Balaban J connectivity index is 1.73. The first-order valence-corrected chi connectivity index (χ1v) is 10.5. The molecule has 0 spiro atoms. The Morgan fingerprint density at radius 1 is 0.419 bits per heavy atom. The Morgan fingerprint density at radius 3 is 1.26 bits per heavy atom. The van der Waals surface area contributed by atoms with Crippen molar-refractivity contribution in [2.75, 3.05) is 0 Å². The zero-order valence-electron chi connectivity index (χ0n) is 17.8. The molecule has 0 saturated carbocycles. The van der Waals surface area contributed by atoms with Crippen LogP contribution in [0, 0.1) is 0 Å².